The largest absolute Gasteiger partial charge is 0.573 e. The Kier molecular flexibility index (Phi) is 5.75. The molecule has 0 bridgehead atoms. The smallest absolute Gasteiger partial charge is 0.439 e. The van der Waals surface area contributed by atoms with Crippen LogP contribution in [-0.4, -0.2) is 26.8 Å². The van der Waals surface area contributed by atoms with E-state index in [4.69, 9.17) is 4.74 Å². The lowest BCUT2D eigenvalue weighted by molar-refractivity contribution is -0.274. The molecule has 0 saturated heterocycles. The number of alkyl halides is 3. The average Bonchev–Trinajstić information content (AvgIpc) is 3.29. The number of nitrogens with zero attached hydrogens (tertiary/aromatic N) is 3. The van der Waals surface area contributed by atoms with E-state index in [1.54, 1.807) is 30.3 Å². The van der Waals surface area contributed by atoms with Crippen LogP contribution in [0, 0.1) is 0 Å². The van der Waals surface area contributed by atoms with Crippen molar-refractivity contribution in [2.24, 2.45) is 0 Å². The first kappa shape index (κ1) is 20.9. The van der Waals surface area contributed by atoms with Crippen LogP contribution in [0.4, 0.5) is 18.9 Å². The molecule has 4 rings (SSSR count). The number of benzene rings is 2. The highest BCUT2D eigenvalue weighted by Crippen LogP contribution is 2.25. The topological polar surface area (TPSA) is 78.3 Å². The van der Waals surface area contributed by atoms with E-state index in [-0.39, 0.29) is 5.56 Å². The van der Waals surface area contributed by atoms with Crippen LogP contribution in [0.5, 0.6) is 17.4 Å². The lowest BCUT2D eigenvalue weighted by Gasteiger charge is -2.11. The Morgan fingerprint density at radius 1 is 0.906 bits per heavy atom. The Labute approximate surface area is 180 Å². The Morgan fingerprint density at radius 3 is 2.38 bits per heavy atom. The molecule has 0 aliphatic rings. The van der Waals surface area contributed by atoms with Gasteiger partial charge < -0.3 is 19.4 Å². The number of anilines is 1. The van der Waals surface area contributed by atoms with Crippen LogP contribution in [0.25, 0.3) is 5.82 Å². The number of carbonyl (C=O) groups excluding carboxylic acids is 1. The lowest BCUT2D eigenvalue weighted by Crippen LogP contribution is -2.18. The molecule has 7 nitrogen and oxygen atoms in total. The molecule has 2 aromatic carbocycles. The molecule has 0 spiro atoms. The van der Waals surface area contributed by atoms with Crippen molar-refractivity contribution in [2.45, 2.75) is 6.36 Å². The van der Waals surface area contributed by atoms with Crippen LogP contribution in [0.2, 0.25) is 0 Å². The lowest BCUT2D eigenvalue weighted by atomic mass is 10.2. The molecular weight excluding hydrogens is 425 g/mol. The van der Waals surface area contributed by atoms with E-state index in [9.17, 15) is 18.0 Å². The summed E-state index contributed by atoms with van der Waals surface area (Å²) < 4.78 is 48.5. The molecule has 0 unspecified atom stereocenters. The maximum Gasteiger partial charge on any atom is 0.573 e. The van der Waals surface area contributed by atoms with Gasteiger partial charge in [-0.15, -0.1) is 13.2 Å². The van der Waals surface area contributed by atoms with Gasteiger partial charge in [0.2, 0.25) is 5.88 Å². The van der Waals surface area contributed by atoms with Gasteiger partial charge in [0.05, 0.1) is 0 Å². The van der Waals surface area contributed by atoms with Gasteiger partial charge in [0.25, 0.3) is 5.91 Å². The molecule has 4 aromatic rings. The summed E-state index contributed by atoms with van der Waals surface area (Å²) in [6.07, 6.45) is 0.232. The number of ether oxygens (including phenoxy) is 2. The summed E-state index contributed by atoms with van der Waals surface area (Å²) >= 11 is 0. The van der Waals surface area contributed by atoms with E-state index in [1.807, 2.05) is 29.1 Å². The summed E-state index contributed by atoms with van der Waals surface area (Å²) in [5.41, 5.74) is 0.450. The predicted molar refractivity (Wildman–Crippen MR) is 109 cm³/mol. The molecule has 1 N–H and O–H groups in total. The maximum atomic E-state index is 12.4. The van der Waals surface area contributed by atoms with Gasteiger partial charge in [-0.2, -0.15) is 0 Å². The molecular formula is C22H15F3N4O3. The van der Waals surface area contributed by atoms with Gasteiger partial charge in [-0.3, -0.25) is 4.79 Å². The quantitative estimate of drug-likeness (QED) is 0.445. The number of aromatic nitrogens is 3. The Hall–Kier alpha value is -4.34. The van der Waals surface area contributed by atoms with Crippen LogP contribution in [0.15, 0.2) is 85.5 Å². The summed E-state index contributed by atoms with van der Waals surface area (Å²) in [6.45, 7) is 0. The standard InChI is InChI=1S/C22H15F3N4O3/c23-22(24,25)32-18-5-3-4-15(12-18)21(30)28-16-6-8-17(9-7-16)31-20-13-19(26-14-27-20)29-10-1-2-11-29/h1-14H,(H,28,30). The van der Waals surface area contributed by atoms with Crippen LogP contribution < -0.4 is 14.8 Å². The fraction of sp³-hybridized carbons (Fsp3) is 0.0455. The van der Waals surface area contributed by atoms with Gasteiger partial charge in [0, 0.05) is 29.7 Å². The van der Waals surface area contributed by atoms with E-state index >= 15 is 0 Å². The van der Waals surface area contributed by atoms with E-state index in [0.717, 1.165) is 12.1 Å². The second kappa shape index (κ2) is 8.80. The second-order valence-electron chi connectivity index (χ2n) is 6.46. The molecule has 1 amide bonds. The molecule has 0 aliphatic heterocycles. The van der Waals surface area contributed by atoms with Crippen molar-refractivity contribution in [1.82, 2.24) is 14.5 Å². The Balaban J connectivity index is 1.41. The molecule has 2 aromatic heterocycles. The van der Waals surface area contributed by atoms with Crippen molar-refractivity contribution in [1.29, 1.82) is 0 Å². The molecule has 0 aliphatic carbocycles. The van der Waals surface area contributed by atoms with Crippen molar-refractivity contribution < 1.29 is 27.4 Å². The summed E-state index contributed by atoms with van der Waals surface area (Å²) in [7, 11) is 0. The molecule has 32 heavy (non-hydrogen) atoms. The highest BCUT2D eigenvalue weighted by Gasteiger charge is 2.31. The van der Waals surface area contributed by atoms with Crippen molar-refractivity contribution in [3.8, 4) is 23.2 Å². The average molecular weight is 440 g/mol. The maximum absolute atomic E-state index is 12.4. The molecule has 2 heterocycles. The van der Waals surface area contributed by atoms with E-state index < -0.39 is 18.0 Å². The summed E-state index contributed by atoms with van der Waals surface area (Å²) in [5, 5.41) is 2.61. The van der Waals surface area contributed by atoms with Crippen molar-refractivity contribution in [3.63, 3.8) is 0 Å². The predicted octanol–water partition coefficient (Wildman–Crippen LogP) is 5.21. The molecule has 0 atom stereocenters. The zero-order chi connectivity index (χ0) is 22.6. The first-order valence-electron chi connectivity index (χ1n) is 9.26. The van der Waals surface area contributed by atoms with Gasteiger partial charge in [-0.25, -0.2) is 9.97 Å². The van der Waals surface area contributed by atoms with Crippen LogP contribution in [-0.2, 0) is 0 Å². The van der Waals surface area contributed by atoms with Gasteiger partial charge in [-0.1, -0.05) is 6.07 Å². The normalized spacial score (nSPS) is 11.1. The number of halogens is 3. The highest BCUT2D eigenvalue weighted by molar-refractivity contribution is 6.04. The van der Waals surface area contributed by atoms with Crippen molar-refractivity contribution in [3.05, 3.63) is 91.0 Å². The first-order valence-corrected chi connectivity index (χ1v) is 9.26. The Morgan fingerprint density at radius 2 is 1.66 bits per heavy atom. The number of carbonyl (C=O) groups is 1. The minimum absolute atomic E-state index is 0.0191. The van der Waals surface area contributed by atoms with Crippen molar-refractivity contribution >= 4 is 11.6 Å². The highest BCUT2D eigenvalue weighted by atomic mass is 19.4. The molecule has 0 radical (unpaired) electrons. The first-order chi connectivity index (χ1) is 15.4. The molecule has 10 heteroatoms. The second-order valence-corrected chi connectivity index (χ2v) is 6.46. The minimum atomic E-state index is -4.84. The molecule has 162 valence electrons. The number of hydrogen-bond acceptors (Lipinski definition) is 5. The third-order valence-corrected chi connectivity index (χ3v) is 4.16. The van der Waals surface area contributed by atoms with E-state index in [1.165, 1.54) is 18.5 Å². The number of rotatable bonds is 6. The van der Waals surface area contributed by atoms with Crippen LogP contribution in [0.1, 0.15) is 10.4 Å². The van der Waals surface area contributed by atoms with Gasteiger partial charge in [-0.05, 0) is 54.6 Å². The van der Waals surface area contributed by atoms with Crippen molar-refractivity contribution in [2.75, 3.05) is 5.32 Å². The van der Waals surface area contributed by atoms with E-state index in [2.05, 4.69) is 20.0 Å². The fourth-order valence-electron chi connectivity index (χ4n) is 2.78. The summed E-state index contributed by atoms with van der Waals surface area (Å²) in [5.74, 6) is 0.389. The summed E-state index contributed by atoms with van der Waals surface area (Å²) in [4.78, 5) is 20.6. The summed E-state index contributed by atoms with van der Waals surface area (Å²) in [6, 6.07) is 16.7. The van der Waals surface area contributed by atoms with Crippen LogP contribution in [0.3, 0.4) is 0 Å². The molecule has 0 fully saturated rings. The fourth-order valence-corrected chi connectivity index (χ4v) is 2.78. The SMILES string of the molecule is O=C(Nc1ccc(Oc2cc(-n3cccc3)ncn2)cc1)c1cccc(OC(F)(F)F)c1. The van der Waals surface area contributed by atoms with E-state index in [0.29, 0.717) is 23.1 Å². The minimum Gasteiger partial charge on any atom is -0.439 e. The third kappa shape index (κ3) is 5.42. The van der Waals surface area contributed by atoms with Crippen LogP contribution >= 0.6 is 0 Å². The van der Waals surface area contributed by atoms with Gasteiger partial charge in [0.1, 0.15) is 23.6 Å². The Bertz CT molecular complexity index is 1210. The number of amides is 1. The third-order valence-electron chi connectivity index (χ3n) is 4.16. The molecule has 0 saturated carbocycles. The zero-order valence-corrected chi connectivity index (χ0v) is 16.3. The zero-order valence-electron chi connectivity index (χ0n) is 16.3. The number of hydrogen-bond donors (Lipinski definition) is 1. The van der Waals surface area contributed by atoms with Gasteiger partial charge >= 0.3 is 6.36 Å². The monoisotopic (exact) mass is 440 g/mol. The van der Waals surface area contributed by atoms with Gasteiger partial charge in [0.15, 0.2) is 0 Å². The number of nitrogens with one attached hydrogen (secondary N) is 1.